The standard InChI is InChI=1S/C15H15N5OS3/c1-2-21-11-6-4-3-5-10(11)13-19-20-12(17-18-14(20)24-13)9-23-15-16-7-8-22-15/h3-6H,2,7-9H2,1H3. The monoisotopic (exact) mass is 377 g/mol. The van der Waals surface area contributed by atoms with Gasteiger partial charge >= 0.3 is 0 Å². The van der Waals surface area contributed by atoms with Gasteiger partial charge in [0.1, 0.15) is 10.1 Å². The van der Waals surface area contributed by atoms with Crippen LogP contribution in [0.2, 0.25) is 0 Å². The van der Waals surface area contributed by atoms with E-state index in [1.165, 1.54) is 11.3 Å². The molecule has 1 aliphatic rings. The van der Waals surface area contributed by atoms with E-state index in [2.05, 4.69) is 15.2 Å². The Morgan fingerprint density at radius 3 is 3.04 bits per heavy atom. The predicted molar refractivity (Wildman–Crippen MR) is 101 cm³/mol. The quantitative estimate of drug-likeness (QED) is 0.677. The maximum absolute atomic E-state index is 5.71. The molecule has 3 aromatic rings. The van der Waals surface area contributed by atoms with E-state index in [-0.39, 0.29) is 0 Å². The summed E-state index contributed by atoms with van der Waals surface area (Å²) in [6, 6.07) is 7.95. The molecular weight excluding hydrogens is 362 g/mol. The molecular formula is C15H15N5OS3. The minimum absolute atomic E-state index is 0.628. The van der Waals surface area contributed by atoms with E-state index < -0.39 is 0 Å². The third-order valence-electron chi connectivity index (χ3n) is 3.36. The summed E-state index contributed by atoms with van der Waals surface area (Å²) in [4.78, 5) is 5.25. The third-order valence-corrected chi connectivity index (χ3v) is 6.54. The zero-order valence-corrected chi connectivity index (χ0v) is 15.5. The summed E-state index contributed by atoms with van der Waals surface area (Å²) in [6.07, 6.45) is 0. The van der Waals surface area contributed by atoms with Gasteiger partial charge in [-0.3, -0.25) is 4.99 Å². The molecule has 0 saturated carbocycles. The summed E-state index contributed by atoms with van der Waals surface area (Å²) in [5.41, 5.74) is 0.990. The Labute approximate surface area is 151 Å². The molecule has 0 saturated heterocycles. The molecule has 0 radical (unpaired) electrons. The Morgan fingerprint density at radius 1 is 1.29 bits per heavy atom. The van der Waals surface area contributed by atoms with E-state index in [1.54, 1.807) is 23.5 Å². The highest BCUT2D eigenvalue weighted by Gasteiger charge is 2.17. The minimum atomic E-state index is 0.628. The molecule has 24 heavy (non-hydrogen) atoms. The van der Waals surface area contributed by atoms with E-state index >= 15 is 0 Å². The van der Waals surface area contributed by atoms with Gasteiger partial charge in [0.15, 0.2) is 10.8 Å². The summed E-state index contributed by atoms with van der Waals surface area (Å²) in [6.45, 7) is 3.52. The summed E-state index contributed by atoms with van der Waals surface area (Å²) in [5, 5.41) is 14.1. The summed E-state index contributed by atoms with van der Waals surface area (Å²) >= 11 is 5.03. The zero-order chi connectivity index (χ0) is 16.4. The van der Waals surface area contributed by atoms with Crippen molar-refractivity contribution >= 4 is 44.2 Å². The fourth-order valence-electron chi connectivity index (χ4n) is 2.31. The van der Waals surface area contributed by atoms with Gasteiger partial charge in [-0.2, -0.15) is 9.61 Å². The van der Waals surface area contributed by atoms with Gasteiger partial charge in [-0.1, -0.05) is 47.0 Å². The second-order valence-corrected chi connectivity index (χ2v) is 8.19. The first kappa shape index (κ1) is 15.9. The molecule has 6 nitrogen and oxygen atoms in total. The Kier molecular flexibility index (Phi) is 4.72. The lowest BCUT2D eigenvalue weighted by Crippen LogP contribution is -1.97. The number of fused-ring (bicyclic) bond motifs is 1. The van der Waals surface area contributed by atoms with Crippen molar-refractivity contribution in [3.05, 3.63) is 30.1 Å². The molecule has 9 heteroatoms. The largest absolute Gasteiger partial charge is 0.493 e. The highest BCUT2D eigenvalue weighted by Crippen LogP contribution is 2.33. The Hall–Kier alpha value is -1.58. The maximum Gasteiger partial charge on any atom is 0.235 e. The molecule has 2 aromatic heterocycles. The smallest absolute Gasteiger partial charge is 0.235 e. The third kappa shape index (κ3) is 3.15. The lowest BCUT2D eigenvalue weighted by atomic mass is 10.2. The van der Waals surface area contributed by atoms with Crippen LogP contribution in [-0.4, -0.2) is 43.1 Å². The van der Waals surface area contributed by atoms with Crippen molar-refractivity contribution in [2.75, 3.05) is 18.9 Å². The van der Waals surface area contributed by atoms with Crippen molar-refractivity contribution in [2.45, 2.75) is 12.7 Å². The van der Waals surface area contributed by atoms with E-state index in [1.807, 2.05) is 35.7 Å². The van der Waals surface area contributed by atoms with Crippen molar-refractivity contribution < 1.29 is 4.74 Å². The number of aliphatic imine (C=N–C) groups is 1. The van der Waals surface area contributed by atoms with Crippen molar-refractivity contribution in [1.29, 1.82) is 0 Å². The van der Waals surface area contributed by atoms with Crippen molar-refractivity contribution in [1.82, 2.24) is 19.8 Å². The van der Waals surface area contributed by atoms with Gasteiger partial charge in [0, 0.05) is 5.75 Å². The first-order valence-electron chi connectivity index (χ1n) is 7.58. The van der Waals surface area contributed by atoms with Crippen LogP contribution >= 0.6 is 34.9 Å². The van der Waals surface area contributed by atoms with Gasteiger partial charge < -0.3 is 4.74 Å². The lowest BCUT2D eigenvalue weighted by Gasteiger charge is -2.06. The topological polar surface area (TPSA) is 64.7 Å². The van der Waals surface area contributed by atoms with E-state index in [9.17, 15) is 0 Å². The molecule has 0 bridgehead atoms. The van der Waals surface area contributed by atoms with Crippen molar-refractivity contribution in [2.24, 2.45) is 4.99 Å². The normalized spacial score (nSPS) is 14.3. The van der Waals surface area contributed by atoms with Gasteiger partial charge in [0.2, 0.25) is 4.96 Å². The highest BCUT2D eigenvalue weighted by atomic mass is 32.2. The second kappa shape index (κ2) is 7.12. The molecule has 0 fully saturated rings. The number of para-hydroxylation sites is 1. The first-order chi connectivity index (χ1) is 11.8. The number of hydrogen-bond acceptors (Lipinski definition) is 8. The lowest BCUT2D eigenvalue weighted by molar-refractivity contribution is 0.341. The fourth-order valence-corrected chi connectivity index (χ4v) is 5.11. The van der Waals surface area contributed by atoms with Crippen molar-refractivity contribution in [3.8, 4) is 16.3 Å². The Balaban J connectivity index is 1.62. The average Bonchev–Trinajstić information content (AvgIpc) is 3.31. The molecule has 0 spiro atoms. The molecule has 0 atom stereocenters. The SMILES string of the molecule is CCOc1ccccc1-c1nn2c(CSC3=NCCS3)nnc2s1. The van der Waals surface area contributed by atoms with Crippen LogP contribution in [0, 0.1) is 0 Å². The molecule has 0 aliphatic carbocycles. The molecule has 124 valence electrons. The molecule has 0 N–H and O–H groups in total. The highest BCUT2D eigenvalue weighted by molar-refractivity contribution is 8.38. The van der Waals surface area contributed by atoms with Gasteiger partial charge in [0.05, 0.1) is 24.5 Å². The van der Waals surface area contributed by atoms with Crippen LogP contribution in [0.15, 0.2) is 29.3 Å². The van der Waals surface area contributed by atoms with Crippen LogP contribution < -0.4 is 4.74 Å². The number of rotatable bonds is 5. The number of benzene rings is 1. The Morgan fingerprint density at radius 2 is 2.21 bits per heavy atom. The van der Waals surface area contributed by atoms with Crippen LogP contribution in [0.1, 0.15) is 12.7 Å². The van der Waals surface area contributed by atoms with Crippen LogP contribution in [0.5, 0.6) is 5.75 Å². The summed E-state index contributed by atoms with van der Waals surface area (Å²) in [7, 11) is 0. The van der Waals surface area contributed by atoms with E-state index in [0.29, 0.717) is 6.61 Å². The fraction of sp³-hybridized carbons (Fsp3) is 0.333. The number of nitrogens with zero attached hydrogens (tertiary/aromatic N) is 5. The first-order valence-corrected chi connectivity index (χ1v) is 10.4. The zero-order valence-electron chi connectivity index (χ0n) is 13.0. The van der Waals surface area contributed by atoms with Crippen LogP contribution in [0.4, 0.5) is 0 Å². The number of hydrogen-bond donors (Lipinski definition) is 0. The average molecular weight is 378 g/mol. The van der Waals surface area contributed by atoms with Crippen LogP contribution in [0.3, 0.4) is 0 Å². The molecule has 3 heterocycles. The second-order valence-electron chi connectivity index (χ2n) is 4.93. The van der Waals surface area contributed by atoms with Gasteiger partial charge in [0.25, 0.3) is 0 Å². The predicted octanol–water partition coefficient (Wildman–Crippen LogP) is 3.59. The van der Waals surface area contributed by atoms with Gasteiger partial charge in [-0.05, 0) is 19.1 Å². The van der Waals surface area contributed by atoms with Crippen molar-refractivity contribution in [3.63, 3.8) is 0 Å². The molecule has 1 aromatic carbocycles. The molecule has 1 aliphatic heterocycles. The number of ether oxygens (including phenoxy) is 1. The maximum atomic E-state index is 5.71. The van der Waals surface area contributed by atoms with Crippen LogP contribution in [0.25, 0.3) is 15.5 Å². The van der Waals surface area contributed by atoms with Crippen LogP contribution in [-0.2, 0) is 5.75 Å². The summed E-state index contributed by atoms with van der Waals surface area (Å²) < 4.78 is 8.67. The summed E-state index contributed by atoms with van der Waals surface area (Å²) in [5.74, 6) is 3.50. The molecule has 0 amide bonds. The minimum Gasteiger partial charge on any atom is -0.493 e. The van der Waals surface area contributed by atoms with Gasteiger partial charge in [-0.25, -0.2) is 0 Å². The molecule has 4 rings (SSSR count). The number of aromatic nitrogens is 4. The Bertz CT molecular complexity index is 888. The molecule has 0 unspecified atom stereocenters. The van der Waals surface area contributed by atoms with Gasteiger partial charge in [-0.15, -0.1) is 10.2 Å². The van der Waals surface area contributed by atoms with E-state index in [0.717, 1.165) is 49.5 Å². The van der Waals surface area contributed by atoms with E-state index in [4.69, 9.17) is 9.84 Å². The number of thioether (sulfide) groups is 2.